The molecular weight excluding hydrogens is 348 g/mol. The fraction of sp³-hybridized carbons (Fsp3) is 0.158. The van der Waals surface area contributed by atoms with E-state index in [4.69, 9.17) is 0 Å². The van der Waals surface area contributed by atoms with Gasteiger partial charge in [-0.2, -0.15) is 0 Å². The van der Waals surface area contributed by atoms with E-state index in [-0.39, 0.29) is 5.69 Å². The fourth-order valence-corrected chi connectivity index (χ4v) is 3.45. The molecule has 0 radical (unpaired) electrons. The summed E-state index contributed by atoms with van der Waals surface area (Å²) in [7, 11) is 0. The van der Waals surface area contributed by atoms with Crippen LogP contribution in [-0.2, 0) is 12.3 Å². The monoisotopic (exact) mass is 366 g/mol. The quantitative estimate of drug-likeness (QED) is 0.264. The second-order valence-corrected chi connectivity index (χ2v) is 6.73. The van der Waals surface area contributed by atoms with Crippen molar-refractivity contribution in [3.63, 3.8) is 0 Å². The molecule has 0 bridgehead atoms. The molecule has 0 unspecified atom stereocenters. The molecular formula is C19H18N4O2S. The third kappa shape index (κ3) is 4.00. The predicted molar refractivity (Wildman–Crippen MR) is 103 cm³/mol. The number of hydrogen-bond acceptors (Lipinski definition) is 5. The second kappa shape index (κ2) is 7.97. The van der Waals surface area contributed by atoms with Gasteiger partial charge in [-0.15, -0.1) is 16.8 Å². The molecule has 3 aromatic rings. The van der Waals surface area contributed by atoms with E-state index in [1.807, 2.05) is 35.8 Å². The van der Waals surface area contributed by atoms with Crippen molar-refractivity contribution in [2.75, 3.05) is 0 Å². The van der Waals surface area contributed by atoms with Crippen LogP contribution in [-0.4, -0.2) is 19.7 Å². The van der Waals surface area contributed by atoms with Crippen molar-refractivity contribution in [1.29, 1.82) is 0 Å². The molecule has 7 heteroatoms. The summed E-state index contributed by atoms with van der Waals surface area (Å²) < 4.78 is 2.03. The summed E-state index contributed by atoms with van der Waals surface area (Å²) in [5.74, 6) is 1.46. The van der Waals surface area contributed by atoms with Gasteiger partial charge in [-0.25, -0.2) is 0 Å². The Labute approximate surface area is 155 Å². The van der Waals surface area contributed by atoms with E-state index in [9.17, 15) is 10.1 Å². The van der Waals surface area contributed by atoms with E-state index in [2.05, 4.69) is 22.8 Å². The highest BCUT2D eigenvalue weighted by atomic mass is 32.2. The molecule has 0 atom stereocenters. The third-order valence-electron chi connectivity index (χ3n) is 3.82. The SMILES string of the molecule is C=CCn1c(SCc2ccc([N+](=O)[O-])cc2)nnc1-c1cccc(C)c1. The molecule has 6 nitrogen and oxygen atoms in total. The molecule has 1 heterocycles. The van der Waals surface area contributed by atoms with E-state index in [1.54, 1.807) is 23.9 Å². The first-order chi connectivity index (χ1) is 12.6. The number of allylic oxidation sites excluding steroid dienone is 1. The average molecular weight is 366 g/mol. The Hall–Kier alpha value is -2.93. The number of benzene rings is 2. The Bertz CT molecular complexity index is 935. The number of non-ortho nitro benzene ring substituents is 1. The highest BCUT2D eigenvalue weighted by Crippen LogP contribution is 2.27. The topological polar surface area (TPSA) is 73.8 Å². The lowest BCUT2D eigenvalue weighted by Crippen LogP contribution is -2.01. The highest BCUT2D eigenvalue weighted by molar-refractivity contribution is 7.98. The van der Waals surface area contributed by atoms with Gasteiger partial charge in [0, 0.05) is 30.0 Å². The molecule has 3 rings (SSSR count). The van der Waals surface area contributed by atoms with Crippen LogP contribution in [0.5, 0.6) is 0 Å². The fourth-order valence-electron chi connectivity index (χ4n) is 2.55. The maximum Gasteiger partial charge on any atom is 0.269 e. The van der Waals surface area contributed by atoms with Crippen LogP contribution in [0.1, 0.15) is 11.1 Å². The first kappa shape index (κ1) is 17.9. The van der Waals surface area contributed by atoms with Crippen molar-refractivity contribution in [3.8, 4) is 11.4 Å². The van der Waals surface area contributed by atoms with Gasteiger partial charge in [-0.05, 0) is 18.6 Å². The lowest BCUT2D eigenvalue weighted by atomic mass is 10.1. The van der Waals surface area contributed by atoms with Crippen molar-refractivity contribution in [3.05, 3.63) is 82.4 Å². The van der Waals surface area contributed by atoms with Crippen molar-refractivity contribution >= 4 is 17.4 Å². The number of thioether (sulfide) groups is 1. The molecule has 0 aliphatic rings. The minimum absolute atomic E-state index is 0.0929. The van der Waals surface area contributed by atoms with Crippen LogP contribution in [0.3, 0.4) is 0 Å². The number of nitrogens with zero attached hydrogens (tertiary/aromatic N) is 4. The zero-order valence-corrected chi connectivity index (χ0v) is 15.1. The minimum atomic E-state index is -0.397. The van der Waals surface area contributed by atoms with Crippen LogP contribution < -0.4 is 0 Å². The maximum atomic E-state index is 10.7. The van der Waals surface area contributed by atoms with Crippen LogP contribution in [0.2, 0.25) is 0 Å². The molecule has 132 valence electrons. The molecule has 0 amide bonds. The smallest absolute Gasteiger partial charge is 0.269 e. The summed E-state index contributed by atoms with van der Waals surface area (Å²) in [6.45, 7) is 6.48. The maximum absolute atomic E-state index is 10.7. The van der Waals surface area contributed by atoms with Crippen molar-refractivity contribution < 1.29 is 4.92 Å². The summed E-state index contributed by atoms with van der Waals surface area (Å²) in [6, 6.07) is 14.7. The second-order valence-electron chi connectivity index (χ2n) is 5.79. The number of hydrogen-bond donors (Lipinski definition) is 0. The van der Waals surface area contributed by atoms with Gasteiger partial charge >= 0.3 is 0 Å². The lowest BCUT2D eigenvalue weighted by Gasteiger charge is -2.08. The number of aromatic nitrogens is 3. The van der Waals surface area contributed by atoms with E-state index < -0.39 is 4.92 Å². The van der Waals surface area contributed by atoms with Crippen LogP contribution >= 0.6 is 11.8 Å². The molecule has 0 aliphatic heterocycles. The van der Waals surface area contributed by atoms with Gasteiger partial charge in [0.2, 0.25) is 0 Å². The van der Waals surface area contributed by atoms with Crippen LogP contribution in [0, 0.1) is 17.0 Å². The normalized spacial score (nSPS) is 10.7. The van der Waals surface area contributed by atoms with E-state index in [0.29, 0.717) is 12.3 Å². The molecule has 0 fully saturated rings. The minimum Gasteiger partial charge on any atom is -0.298 e. The van der Waals surface area contributed by atoms with Gasteiger partial charge in [0.05, 0.1) is 4.92 Å². The summed E-state index contributed by atoms with van der Waals surface area (Å²) in [5.41, 5.74) is 3.26. The Kier molecular flexibility index (Phi) is 5.48. The summed E-state index contributed by atoms with van der Waals surface area (Å²) >= 11 is 1.55. The molecule has 2 aromatic carbocycles. The highest BCUT2D eigenvalue weighted by Gasteiger charge is 2.14. The lowest BCUT2D eigenvalue weighted by molar-refractivity contribution is -0.384. The molecule has 0 N–H and O–H groups in total. The number of nitro benzene ring substituents is 1. The standard InChI is InChI=1S/C19H18N4O2S/c1-3-11-22-18(16-6-4-5-14(2)12-16)20-21-19(22)26-13-15-7-9-17(10-8-15)23(24)25/h3-10,12H,1,11,13H2,2H3. The van der Waals surface area contributed by atoms with Gasteiger partial charge in [0.15, 0.2) is 11.0 Å². The Morgan fingerprint density at radius 3 is 2.65 bits per heavy atom. The van der Waals surface area contributed by atoms with Gasteiger partial charge in [0.25, 0.3) is 5.69 Å². The Balaban J connectivity index is 1.81. The zero-order chi connectivity index (χ0) is 18.5. The molecule has 1 aromatic heterocycles. The first-order valence-corrected chi connectivity index (χ1v) is 9.04. The van der Waals surface area contributed by atoms with Crippen molar-refractivity contribution in [2.24, 2.45) is 0 Å². The van der Waals surface area contributed by atoms with Gasteiger partial charge in [0.1, 0.15) is 0 Å². The zero-order valence-electron chi connectivity index (χ0n) is 14.3. The van der Waals surface area contributed by atoms with Crippen molar-refractivity contribution in [2.45, 2.75) is 24.4 Å². The van der Waals surface area contributed by atoms with E-state index >= 15 is 0 Å². The number of rotatable bonds is 7. The van der Waals surface area contributed by atoms with Crippen LogP contribution in [0.25, 0.3) is 11.4 Å². The van der Waals surface area contributed by atoms with Crippen LogP contribution in [0.4, 0.5) is 5.69 Å². The van der Waals surface area contributed by atoms with Gasteiger partial charge in [-0.3, -0.25) is 14.7 Å². The first-order valence-electron chi connectivity index (χ1n) is 8.05. The van der Waals surface area contributed by atoms with Gasteiger partial charge in [-0.1, -0.05) is 53.7 Å². The summed E-state index contributed by atoms with van der Waals surface area (Å²) in [4.78, 5) is 10.3. The molecule has 0 aliphatic carbocycles. The molecule has 0 spiro atoms. The van der Waals surface area contributed by atoms with Gasteiger partial charge < -0.3 is 0 Å². The van der Waals surface area contributed by atoms with Crippen LogP contribution in [0.15, 0.2) is 66.3 Å². The third-order valence-corrected chi connectivity index (χ3v) is 4.86. The van der Waals surface area contributed by atoms with E-state index in [1.165, 1.54) is 12.1 Å². The molecule has 26 heavy (non-hydrogen) atoms. The Morgan fingerprint density at radius 1 is 1.23 bits per heavy atom. The summed E-state index contributed by atoms with van der Waals surface area (Å²) in [5, 5.41) is 20.2. The Morgan fingerprint density at radius 2 is 2.00 bits per heavy atom. The summed E-state index contributed by atoms with van der Waals surface area (Å²) in [6.07, 6.45) is 1.82. The predicted octanol–water partition coefficient (Wildman–Crippen LogP) is 4.64. The molecule has 0 saturated carbocycles. The number of nitro groups is 1. The largest absolute Gasteiger partial charge is 0.298 e. The number of aryl methyl sites for hydroxylation is 1. The average Bonchev–Trinajstić information content (AvgIpc) is 3.03. The van der Waals surface area contributed by atoms with Crippen molar-refractivity contribution in [1.82, 2.24) is 14.8 Å². The van der Waals surface area contributed by atoms with E-state index in [0.717, 1.165) is 27.7 Å². The molecule has 0 saturated heterocycles.